The third-order valence-corrected chi connectivity index (χ3v) is 12.6. The number of aromatic amines is 4. The van der Waals surface area contributed by atoms with Crippen LogP contribution in [0.1, 0.15) is 71.9 Å². The van der Waals surface area contributed by atoms with Crippen LogP contribution in [0.4, 0.5) is 10.5 Å². The Morgan fingerprint density at radius 1 is 0.507 bits per heavy atom. The van der Waals surface area contributed by atoms with Crippen molar-refractivity contribution in [2.75, 3.05) is 5.48 Å². The molecular weight excluding hydrogens is 941 g/mol. The number of alkyl carbamates (subject to hydrolysis) is 1. The fraction of sp³-hybridized carbons (Fsp3) is 0.100. The van der Waals surface area contributed by atoms with E-state index in [0.29, 0.717) is 28.0 Å². The number of hydrogen-bond acceptors (Lipinski definition) is 10. The van der Waals surface area contributed by atoms with Gasteiger partial charge < -0.3 is 39.9 Å². The number of fused-ring (bicyclic) bond motifs is 16. The van der Waals surface area contributed by atoms with E-state index in [0.717, 1.165) is 95.2 Å². The van der Waals surface area contributed by atoms with Gasteiger partial charge in [0.2, 0.25) is 0 Å². The minimum Gasteiger partial charge on any atom is -0.508 e. The van der Waals surface area contributed by atoms with Crippen molar-refractivity contribution >= 4 is 110 Å². The maximum absolute atomic E-state index is 14.3. The topological polar surface area (TPSA) is 212 Å². The molecule has 75 heavy (non-hydrogen) atoms. The number of phenolic OH excluding ortho intramolecular Hbond substituents is 1. The molecule has 7 N–H and O–H groups in total. The number of aromatic nitrogens is 8. The van der Waals surface area contributed by atoms with Gasteiger partial charge >= 0.3 is 12.1 Å². The normalized spacial score (nSPS) is 12.9. The summed E-state index contributed by atoms with van der Waals surface area (Å²) in [5.41, 5.74) is 19.4. The Kier molecular flexibility index (Phi) is 11.6. The Morgan fingerprint density at radius 2 is 0.973 bits per heavy atom. The van der Waals surface area contributed by atoms with E-state index >= 15 is 0 Å². The van der Waals surface area contributed by atoms with E-state index in [2.05, 4.69) is 36.8 Å². The number of rotatable bonds is 8. The number of nitrogens with zero attached hydrogens (tertiary/aromatic N) is 4. The van der Waals surface area contributed by atoms with E-state index in [1.165, 1.54) is 0 Å². The van der Waals surface area contributed by atoms with Crippen LogP contribution in [0.2, 0.25) is 0 Å². The first-order chi connectivity index (χ1) is 36.3. The van der Waals surface area contributed by atoms with Crippen molar-refractivity contribution in [2.24, 2.45) is 0 Å². The minimum absolute atomic E-state index is 0.0105. The number of carbonyl (C=O) groups is 2. The first-order valence-electron chi connectivity index (χ1n) is 24.4. The van der Waals surface area contributed by atoms with E-state index in [1.54, 1.807) is 39.0 Å². The van der Waals surface area contributed by atoms with Crippen LogP contribution < -0.4 is 10.8 Å². The molecule has 0 saturated heterocycles. The fourth-order valence-electron chi connectivity index (χ4n) is 9.25. The van der Waals surface area contributed by atoms with Crippen molar-refractivity contribution in [3.05, 3.63) is 179 Å². The summed E-state index contributed by atoms with van der Waals surface area (Å²) in [7, 11) is 0. The van der Waals surface area contributed by atoms with Gasteiger partial charge in [0.25, 0.3) is 0 Å². The molecule has 368 valence electrons. The lowest BCUT2D eigenvalue weighted by Gasteiger charge is -2.23. The van der Waals surface area contributed by atoms with Gasteiger partial charge in [0.05, 0.1) is 51.2 Å². The summed E-state index contributed by atoms with van der Waals surface area (Å²) in [5.74, 6) is -0.764. The lowest BCUT2D eigenvalue weighted by molar-refractivity contribution is -0.143. The van der Waals surface area contributed by atoms with E-state index in [-0.39, 0.29) is 12.2 Å². The first kappa shape index (κ1) is 46.1. The number of nitrogens with one attached hydrogen (secondary N) is 6. The summed E-state index contributed by atoms with van der Waals surface area (Å²) in [6, 6.07) is 39.1. The molecule has 12 rings (SSSR count). The number of ether oxygens (including phenoxy) is 1. The van der Waals surface area contributed by atoms with Crippen LogP contribution in [0.5, 0.6) is 5.75 Å². The molecule has 0 aliphatic carbocycles. The van der Waals surface area contributed by atoms with Crippen molar-refractivity contribution in [3.8, 4) is 28.0 Å². The average molecular weight is 989 g/mol. The second-order valence-corrected chi connectivity index (χ2v) is 19.5. The highest BCUT2D eigenvalue weighted by atomic mass is 16.7. The van der Waals surface area contributed by atoms with Gasteiger partial charge in [-0.15, -0.1) is 0 Å². The summed E-state index contributed by atoms with van der Waals surface area (Å²) in [6.45, 7) is 5.23. The highest BCUT2D eigenvalue weighted by Crippen LogP contribution is 2.35. The molecule has 15 heteroatoms. The Hall–Kier alpha value is -10.0. The van der Waals surface area contributed by atoms with Crippen molar-refractivity contribution < 1.29 is 24.3 Å². The Morgan fingerprint density at radius 3 is 1.49 bits per heavy atom. The molecule has 0 saturated carbocycles. The second kappa shape index (κ2) is 18.9. The SMILES string of the molecule is CC(C)(C)OC(=O)NC(Cc1ccc(O)cc1-c1cc2cc3ccc(cc4nc(cc5nc(cc1[nH]2)C=C5)C=C4)[nH]3)C(=O)ONc1ccc(-c2cc3cc4ccc(cc5nc(cc6nc(cc2[nH]3)C=C6)C=C5)[nH]4)cc1. The van der Waals surface area contributed by atoms with Crippen LogP contribution in [-0.4, -0.2) is 68.7 Å². The number of benzene rings is 2. The van der Waals surface area contributed by atoms with Gasteiger partial charge in [-0.25, -0.2) is 35.0 Å². The molecule has 16 bridgehead atoms. The van der Waals surface area contributed by atoms with E-state index < -0.39 is 23.7 Å². The third-order valence-electron chi connectivity index (χ3n) is 12.6. The van der Waals surface area contributed by atoms with Crippen molar-refractivity contribution in [2.45, 2.75) is 38.8 Å². The zero-order valence-electron chi connectivity index (χ0n) is 40.9. The predicted molar refractivity (Wildman–Crippen MR) is 297 cm³/mol. The second-order valence-electron chi connectivity index (χ2n) is 19.5. The number of aromatic hydroxyl groups is 1. The molecule has 1 unspecified atom stereocenters. The highest BCUT2D eigenvalue weighted by Gasteiger charge is 2.28. The van der Waals surface area contributed by atoms with Gasteiger partial charge in [-0.2, -0.15) is 0 Å². The number of anilines is 1. The Bertz CT molecular complexity index is 4110. The van der Waals surface area contributed by atoms with Crippen LogP contribution in [0.25, 0.3) is 115 Å². The zero-order valence-corrected chi connectivity index (χ0v) is 40.9. The average Bonchev–Trinajstić information content (AvgIpc) is 4.24. The summed E-state index contributed by atoms with van der Waals surface area (Å²) >= 11 is 0. The maximum atomic E-state index is 14.3. The van der Waals surface area contributed by atoms with Gasteiger partial charge in [0.1, 0.15) is 17.4 Å². The van der Waals surface area contributed by atoms with Crippen LogP contribution >= 0.6 is 0 Å². The molecule has 15 nitrogen and oxygen atoms in total. The maximum Gasteiger partial charge on any atom is 0.408 e. The van der Waals surface area contributed by atoms with Gasteiger partial charge in [0.15, 0.2) is 0 Å². The highest BCUT2D eigenvalue weighted by molar-refractivity contribution is 5.92. The Balaban J connectivity index is 0.852. The van der Waals surface area contributed by atoms with Crippen LogP contribution in [0.15, 0.2) is 127 Å². The zero-order chi connectivity index (χ0) is 51.2. The lowest BCUT2D eigenvalue weighted by atomic mass is 9.95. The molecule has 0 radical (unpaired) electrons. The number of hydrogen-bond donors (Lipinski definition) is 7. The lowest BCUT2D eigenvalue weighted by Crippen LogP contribution is -2.46. The van der Waals surface area contributed by atoms with Gasteiger partial charge in [-0.1, -0.05) is 18.2 Å². The van der Waals surface area contributed by atoms with E-state index in [1.807, 2.05) is 152 Å². The van der Waals surface area contributed by atoms with E-state index in [4.69, 9.17) is 29.5 Å². The quantitative estimate of drug-likeness (QED) is 0.0716. The number of phenols is 1. The fourth-order valence-corrected chi connectivity index (χ4v) is 9.25. The number of H-pyrrole nitrogens is 4. The van der Waals surface area contributed by atoms with Crippen molar-refractivity contribution in [1.29, 1.82) is 0 Å². The molecule has 1 atom stereocenters. The molecule has 4 aliphatic heterocycles. The van der Waals surface area contributed by atoms with Crippen molar-refractivity contribution in [3.63, 3.8) is 0 Å². The van der Waals surface area contributed by atoms with Crippen LogP contribution in [-0.2, 0) is 20.8 Å². The van der Waals surface area contributed by atoms with Crippen molar-refractivity contribution in [1.82, 2.24) is 45.2 Å². The predicted octanol–water partition coefficient (Wildman–Crippen LogP) is 12.7. The smallest absolute Gasteiger partial charge is 0.408 e. The summed E-state index contributed by atoms with van der Waals surface area (Å²) < 4.78 is 5.63. The molecule has 0 spiro atoms. The molecule has 6 aromatic heterocycles. The minimum atomic E-state index is -1.24. The summed E-state index contributed by atoms with van der Waals surface area (Å²) in [4.78, 5) is 66.6. The molecule has 2 aromatic carbocycles. The molecule has 1 amide bonds. The molecule has 8 aromatic rings. The molecular formula is C60H48N10O5. The van der Waals surface area contributed by atoms with E-state index in [9.17, 15) is 14.7 Å². The monoisotopic (exact) mass is 988 g/mol. The molecule has 10 heterocycles. The van der Waals surface area contributed by atoms with Crippen LogP contribution in [0, 0.1) is 0 Å². The Labute approximate surface area is 429 Å². The van der Waals surface area contributed by atoms with Gasteiger partial charge in [-0.05, 0) is 195 Å². The third kappa shape index (κ3) is 10.5. The van der Waals surface area contributed by atoms with Gasteiger partial charge in [-0.3, -0.25) is 0 Å². The standard InChI is InChI=1S/C60H48N10O5/c1-60(2,3)74-59(73)69-57(22-35-6-21-51(71)33-52(35)54-30-50-28-46-16-14-42(64-46)24-38-10-12-40(62-38)26-44-18-20-48(66-44)32-56(54)68-50)58(72)75-70-36-7-4-34(5-8-36)53-29-49-27-45-15-13-41(63-45)23-37-9-11-39(61-37)25-43-17-19-47(65-43)31-55(53)67-49/h4-21,23-33,57,63-64,67-68,70-71H,22H2,1-3H3,(H,69,73). The largest absolute Gasteiger partial charge is 0.508 e. The molecule has 0 fully saturated rings. The molecule has 4 aliphatic rings. The summed E-state index contributed by atoms with van der Waals surface area (Å²) in [6.07, 6.45) is 14.8. The van der Waals surface area contributed by atoms with Crippen LogP contribution in [0.3, 0.4) is 0 Å². The van der Waals surface area contributed by atoms with Gasteiger partial charge in [0, 0.05) is 61.7 Å². The first-order valence-corrected chi connectivity index (χ1v) is 24.4. The number of amides is 1. The number of carbonyl (C=O) groups excluding carboxylic acids is 2. The summed E-state index contributed by atoms with van der Waals surface area (Å²) in [5, 5.41) is 13.8.